The fourth-order valence-corrected chi connectivity index (χ4v) is 1.73. The molecule has 0 heterocycles. The predicted octanol–water partition coefficient (Wildman–Crippen LogP) is 1.48. The Labute approximate surface area is 94.4 Å². The number of phenolic OH excluding ortho intramolecular Hbond substituents is 1. The van der Waals surface area contributed by atoms with Crippen LogP contribution in [-0.4, -0.2) is 30.0 Å². The van der Waals surface area contributed by atoms with E-state index in [-0.39, 0.29) is 5.75 Å². The van der Waals surface area contributed by atoms with Crippen LogP contribution in [0.3, 0.4) is 0 Å². The maximum absolute atomic E-state index is 9.81. The number of ether oxygens (including phenoxy) is 2. The van der Waals surface area contributed by atoms with Crippen LogP contribution in [0.5, 0.6) is 17.2 Å². The molecule has 88 valence electrons. The van der Waals surface area contributed by atoms with Crippen molar-refractivity contribution in [3.63, 3.8) is 0 Å². The van der Waals surface area contributed by atoms with Crippen molar-refractivity contribution < 1.29 is 19.7 Å². The highest BCUT2D eigenvalue weighted by Gasteiger charge is 2.40. The third-order valence-electron chi connectivity index (χ3n) is 2.93. The molecule has 0 radical (unpaired) electrons. The Bertz CT molecular complexity index is 396. The number of rotatable bonds is 4. The van der Waals surface area contributed by atoms with Crippen LogP contribution in [-0.2, 0) is 6.42 Å². The van der Waals surface area contributed by atoms with Gasteiger partial charge in [0.05, 0.1) is 19.8 Å². The van der Waals surface area contributed by atoms with E-state index in [9.17, 15) is 10.2 Å². The van der Waals surface area contributed by atoms with Gasteiger partial charge in [-0.2, -0.15) is 0 Å². The first kappa shape index (κ1) is 11.1. The standard InChI is InChI=1S/C12H16O4/c1-15-10-5-8(7-12(14)3-4-12)9(13)6-11(10)16-2/h5-6,13-14H,3-4,7H2,1-2H3. The third kappa shape index (κ3) is 2.07. The van der Waals surface area contributed by atoms with Gasteiger partial charge in [-0.3, -0.25) is 0 Å². The number of methoxy groups -OCH3 is 2. The average molecular weight is 224 g/mol. The van der Waals surface area contributed by atoms with Crippen LogP contribution in [0, 0.1) is 0 Å². The molecule has 16 heavy (non-hydrogen) atoms. The second-order valence-corrected chi connectivity index (χ2v) is 4.24. The molecule has 0 amide bonds. The SMILES string of the molecule is COc1cc(O)c(CC2(O)CC2)cc1OC. The van der Waals surface area contributed by atoms with Crippen molar-refractivity contribution in [1.82, 2.24) is 0 Å². The maximum Gasteiger partial charge on any atom is 0.164 e. The van der Waals surface area contributed by atoms with E-state index in [1.165, 1.54) is 13.2 Å². The smallest absolute Gasteiger partial charge is 0.164 e. The molecule has 0 atom stereocenters. The number of hydrogen-bond acceptors (Lipinski definition) is 4. The molecule has 1 aliphatic carbocycles. The van der Waals surface area contributed by atoms with Gasteiger partial charge in [0.15, 0.2) is 11.5 Å². The highest BCUT2D eigenvalue weighted by molar-refractivity contribution is 5.50. The van der Waals surface area contributed by atoms with E-state index in [1.807, 2.05) is 0 Å². The van der Waals surface area contributed by atoms with Crippen LogP contribution in [0.15, 0.2) is 12.1 Å². The van der Waals surface area contributed by atoms with Crippen LogP contribution >= 0.6 is 0 Å². The van der Waals surface area contributed by atoms with Crippen molar-refractivity contribution in [3.05, 3.63) is 17.7 Å². The summed E-state index contributed by atoms with van der Waals surface area (Å²) in [5, 5.41) is 19.6. The van der Waals surface area contributed by atoms with Crippen LogP contribution in [0.4, 0.5) is 0 Å². The first-order chi connectivity index (χ1) is 7.58. The summed E-state index contributed by atoms with van der Waals surface area (Å²) in [4.78, 5) is 0. The summed E-state index contributed by atoms with van der Waals surface area (Å²) in [6, 6.07) is 3.23. The second-order valence-electron chi connectivity index (χ2n) is 4.24. The van der Waals surface area contributed by atoms with Gasteiger partial charge in [-0.15, -0.1) is 0 Å². The first-order valence-electron chi connectivity index (χ1n) is 5.24. The molecule has 1 aliphatic rings. The molecule has 1 fully saturated rings. The Morgan fingerprint density at radius 3 is 2.25 bits per heavy atom. The normalized spacial score (nSPS) is 16.9. The van der Waals surface area contributed by atoms with Gasteiger partial charge in [0.1, 0.15) is 5.75 Å². The van der Waals surface area contributed by atoms with Crippen LogP contribution in [0.1, 0.15) is 18.4 Å². The van der Waals surface area contributed by atoms with Crippen molar-refractivity contribution in [2.75, 3.05) is 14.2 Å². The summed E-state index contributed by atoms with van der Waals surface area (Å²) >= 11 is 0. The monoisotopic (exact) mass is 224 g/mol. The van der Waals surface area contributed by atoms with Gasteiger partial charge in [-0.05, 0) is 18.9 Å². The van der Waals surface area contributed by atoms with E-state index in [0.29, 0.717) is 23.5 Å². The molecule has 2 rings (SSSR count). The van der Waals surface area contributed by atoms with Crippen molar-refractivity contribution in [3.8, 4) is 17.2 Å². The molecular formula is C12H16O4. The van der Waals surface area contributed by atoms with Gasteiger partial charge in [-0.25, -0.2) is 0 Å². The lowest BCUT2D eigenvalue weighted by Gasteiger charge is -2.13. The molecule has 1 aromatic rings. The van der Waals surface area contributed by atoms with Crippen LogP contribution in [0.25, 0.3) is 0 Å². The molecule has 1 aromatic carbocycles. The van der Waals surface area contributed by atoms with Gasteiger partial charge < -0.3 is 19.7 Å². The minimum atomic E-state index is -0.628. The Hall–Kier alpha value is -1.42. The lowest BCUT2D eigenvalue weighted by atomic mass is 10.0. The van der Waals surface area contributed by atoms with E-state index >= 15 is 0 Å². The van der Waals surface area contributed by atoms with Gasteiger partial charge in [0.2, 0.25) is 0 Å². The van der Waals surface area contributed by atoms with E-state index in [0.717, 1.165) is 12.8 Å². The average Bonchev–Trinajstić information content (AvgIpc) is 2.99. The third-order valence-corrected chi connectivity index (χ3v) is 2.93. The molecule has 0 saturated heterocycles. The number of phenols is 1. The summed E-state index contributed by atoms with van der Waals surface area (Å²) in [5.74, 6) is 1.20. The Morgan fingerprint density at radius 2 is 1.75 bits per heavy atom. The topological polar surface area (TPSA) is 58.9 Å². The minimum Gasteiger partial charge on any atom is -0.508 e. The second kappa shape index (κ2) is 3.87. The Balaban J connectivity index is 2.30. The molecule has 0 spiro atoms. The molecule has 4 nitrogen and oxygen atoms in total. The Kier molecular flexibility index (Phi) is 2.68. The van der Waals surface area contributed by atoms with Crippen molar-refractivity contribution in [2.45, 2.75) is 24.9 Å². The fourth-order valence-electron chi connectivity index (χ4n) is 1.73. The molecule has 0 bridgehead atoms. The largest absolute Gasteiger partial charge is 0.508 e. The summed E-state index contributed by atoms with van der Waals surface area (Å²) in [7, 11) is 3.07. The summed E-state index contributed by atoms with van der Waals surface area (Å²) in [6.45, 7) is 0. The van der Waals surface area contributed by atoms with Gasteiger partial charge >= 0.3 is 0 Å². The zero-order chi connectivity index (χ0) is 11.8. The summed E-state index contributed by atoms with van der Waals surface area (Å²) < 4.78 is 10.2. The molecule has 2 N–H and O–H groups in total. The molecule has 4 heteroatoms. The van der Waals surface area contributed by atoms with Crippen LogP contribution in [0.2, 0.25) is 0 Å². The quantitative estimate of drug-likeness (QED) is 0.813. The zero-order valence-corrected chi connectivity index (χ0v) is 9.49. The number of benzene rings is 1. The van der Waals surface area contributed by atoms with Gasteiger partial charge in [0.25, 0.3) is 0 Å². The van der Waals surface area contributed by atoms with Crippen molar-refractivity contribution in [2.24, 2.45) is 0 Å². The van der Waals surface area contributed by atoms with E-state index in [4.69, 9.17) is 9.47 Å². The zero-order valence-electron chi connectivity index (χ0n) is 9.49. The van der Waals surface area contributed by atoms with Gasteiger partial charge in [-0.1, -0.05) is 0 Å². The molecular weight excluding hydrogens is 208 g/mol. The lowest BCUT2D eigenvalue weighted by Crippen LogP contribution is -2.11. The number of aromatic hydroxyl groups is 1. The molecule has 0 unspecified atom stereocenters. The minimum absolute atomic E-state index is 0.137. The number of hydrogen-bond donors (Lipinski definition) is 2. The van der Waals surface area contributed by atoms with Crippen molar-refractivity contribution in [1.29, 1.82) is 0 Å². The fraction of sp³-hybridized carbons (Fsp3) is 0.500. The maximum atomic E-state index is 9.81. The summed E-state index contributed by atoms with van der Waals surface area (Å²) in [6.07, 6.45) is 2.04. The highest BCUT2D eigenvalue weighted by atomic mass is 16.5. The first-order valence-corrected chi connectivity index (χ1v) is 5.24. The molecule has 1 saturated carbocycles. The van der Waals surface area contributed by atoms with Gasteiger partial charge in [0, 0.05) is 18.1 Å². The predicted molar refractivity (Wildman–Crippen MR) is 59.1 cm³/mol. The molecule has 0 aromatic heterocycles. The number of aliphatic hydroxyl groups is 1. The van der Waals surface area contributed by atoms with E-state index < -0.39 is 5.60 Å². The van der Waals surface area contributed by atoms with E-state index in [2.05, 4.69) is 0 Å². The van der Waals surface area contributed by atoms with Crippen LogP contribution < -0.4 is 9.47 Å². The summed E-state index contributed by atoms with van der Waals surface area (Å²) in [5.41, 5.74) is 0.0644. The lowest BCUT2D eigenvalue weighted by molar-refractivity contribution is 0.150. The Morgan fingerprint density at radius 1 is 1.19 bits per heavy atom. The van der Waals surface area contributed by atoms with Crippen molar-refractivity contribution >= 4 is 0 Å². The molecule has 0 aliphatic heterocycles. The van der Waals surface area contributed by atoms with E-state index in [1.54, 1.807) is 13.2 Å². The highest BCUT2D eigenvalue weighted by Crippen LogP contribution is 2.42.